The molecule has 0 atom stereocenters. The van der Waals surface area contributed by atoms with E-state index in [0.717, 1.165) is 5.75 Å². The third-order valence-electron chi connectivity index (χ3n) is 3.23. The molecule has 0 spiro atoms. The van der Waals surface area contributed by atoms with E-state index in [1.54, 1.807) is 0 Å². The van der Waals surface area contributed by atoms with Crippen LogP contribution in [0, 0.1) is 5.41 Å². The van der Waals surface area contributed by atoms with Crippen molar-refractivity contribution in [3.05, 3.63) is 30.3 Å². The quantitative estimate of drug-likeness (QED) is 0.793. The van der Waals surface area contributed by atoms with E-state index in [-0.39, 0.29) is 11.3 Å². The molecule has 0 unspecified atom stereocenters. The summed E-state index contributed by atoms with van der Waals surface area (Å²) in [6, 6.07) is 9.55. The van der Waals surface area contributed by atoms with E-state index in [9.17, 15) is 4.79 Å². The fourth-order valence-corrected chi connectivity index (χ4v) is 1.89. The zero-order valence-corrected chi connectivity index (χ0v) is 12.8. The predicted octanol–water partition coefficient (Wildman–Crippen LogP) is 2.29. The van der Waals surface area contributed by atoms with Crippen molar-refractivity contribution >= 4 is 5.91 Å². The monoisotopic (exact) mass is 278 g/mol. The Balaban J connectivity index is 2.40. The molecule has 0 aliphatic rings. The Morgan fingerprint density at radius 3 is 2.50 bits per heavy atom. The molecule has 0 fully saturated rings. The maximum absolute atomic E-state index is 12.2. The Hall–Kier alpha value is -1.55. The van der Waals surface area contributed by atoms with Gasteiger partial charge in [0.1, 0.15) is 5.75 Å². The second-order valence-electron chi connectivity index (χ2n) is 5.69. The summed E-state index contributed by atoms with van der Waals surface area (Å²) in [6.45, 7) is 8.49. The molecular formula is C16H26N2O2. The topological polar surface area (TPSA) is 55.6 Å². The summed E-state index contributed by atoms with van der Waals surface area (Å²) >= 11 is 0. The number of carbonyl (C=O) groups excluding carboxylic acids is 1. The van der Waals surface area contributed by atoms with Gasteiger partial charge in [-0.25, -0.2) is 0 Å². The number of amides is 1. The average Bonchev–Trinajstić information content (AvgIpc) is 2.46. The van der Waals surface area contributed by atoms with Gasteiger partial charge in [-0.1, -0.05) is 32.0 Å². The maximum atomic E-state index is 12.2. The molecule has 1 rings (SSSR count). The highest BCUT2D eigenvalue weighted by atomic mass is 16.5. The van der Waals surface area contributed by atoms with E-state index in [0.29, 0.717) is 32.7 Å². The molecule has 0 heterocycles. The smallest absolute Gasteiger partial charge is 0.226 e. The van der Waals surface area contributed by atoms with Gasteiger partial charge in [-0.05, 0) is 31.0 Å². The van der Waals surface area contributed by atoms with Gasteiger partial charge < -0.3 is 15.4 Å². The highest BCUT2D eigenvalue weighted by molar-refractivity contribution is 5.76. The van der Waals surface area contributed by atoms with Crippen LogP contribution in [-0.4, -0.2) is 37.0 Å². The summed E-state index contributed by atoms with van der Waals surface area (Å²) in [5, 5.41) is 0. The first-order valence-corrected chi connectivity index (χ1v) is 7.14. The first-order valence-electron chi connectivity index (χ1n) is 7.14. The summed E-state index contributed by atoms with van der Waals surface area (Å²) in [6.07, 6.45) is 0.392. The second kappa shape index (κ2) is 7.90. The van der Waals surface area contributed by atoms with E-state index < -0.39 is 0 Å². The van der Waals surface area contributed by atoms with Crippen LogP contribution in [0.4, 0.5) is 0 Å². The number of hydrogen-bond donors (Lipinski definition) is 1. The zero-order valence-electron chi connectivity index (χ0n) is 12.8. The minimum absolute atomic E-state index is 0.0496. The van der Waals surface area contributed by atoms with Crippen LogP contribution in [0.5, 0.6) is 5.75 Å². The molecule has 0 saturated carbocycles. The number of ether oxygens (including phenoxy) is 1. The van der Waals surface area contributed by atoms with Crippen molar-refractivity contribution in [1.29, 1.82) is 0 Å². The second-order valence-corrected chi connectivity index (χ2v) is 5.69. The zero-order chi connectivity index (χ0) is 15.0. The number of benzene rings is 1. The molecule has 20 heavy (non-hydrogen) atoms. The highest BCUT2D eigenvalue weighted by Crippen LogP contribution is 2.15. The van der Waals surface area contributed by atoms with Crippen LogP contribution in [0.2, 0.25) is 0 Å². The summed E-state index contributed by atoms with van der Waals surface area (Å²) in [5.74, 6) is 0.913. The van der Waals surface area contributed by atoms with Gasteiger partial charge in [0.05, 0.1) is 13.0 Å². The average molecular weight is 278 g/mol. The minimum atomic E-state index is -0.0496. The Bertz CT molecular complexity index is 404. The van der Waals surface area contributed by atoms with E-state index >= 15 is 0 Å². The van der Waals surface area contributed by atoms with Gasteiger partial charge in [-0.2, -0.15) is 0 Å². The molecule has 4 nitrogen and oxygen atoms in total. The molecule has 2 N–H and O–H groups in total. The van der Waals surface area contributed by atoms with Crippen molar-refractivity contribution in [2.75, 3.05) is 26.2 Å². The fourth-order valence-electron chi connectivity index (χ4n) is 1.89. The summed E-state index contributed by atoms with van der Waals surface area (Å²) in [4.78, 5) is 14.0. The summed E-state index contributed by atoms with van der Waals surface area (Å²) < 4.78 is 5.56. The maximum Gasteiger partial charge on any atom is 0.226 e. The van der Waals surface area contributed by atoms with Gasteiger partial charge in [0, 0.05) is 13.1 Å². The van der Waals surface area contributed by atoms with Crippen LogP contribution in [-0.2, 0) is 4.79 Å². The summed E-state index contributed by atoms with van der Waals surface area (Å²) in [5.41, 5.74) is 5.67. The lowest BCUT2D eigenvalue weighted by molar-refractivity contribution is -0.132. The van der Waals surface area contributed by atoms with Crippen molar-refractivity contribution in [2.45, 2.75) is 27.2 Å². The van der Waals surface area contributed by atoms with Crippen LogP contribution in [0.3, 0.4) is 0 Å². The van der Waals surface area contributed by atoms with Crippen LogP contribution in [0.25, 0.3) is 0 Å². The molecule has 0 bridgehead atoms. The number of carbonyl (C=O) groups is 1. The molecule has 112 valence electrons. The van der Waals surface area contributed by atoms with E-state index in [4.69, 9.17) is 10.5 Å². The molecule has 4 heteroatoms. The van der Waals surface area contributed by atoms with Crippen LogP contribution in [0.15, 0.2) is 30.3 Å². The van der Waals surface area contributed by atoms with Crippen molar-refractivity contribution < 1.29 is 9.53 Å². The molecular weight excluding hydrogens is 252 g/mol. The van der Waals surface area contributed by atoms with Gasteiger partial charge in [-0.15, -0.1) is 0 Å². The Kier molecular flexibility index (Phi) is 6.52. The molecule has 0 aromatic heterocycles. The number of rotatable bonds is 8. The number of hydrogen-bond acceptors (Lipinski definition) is 3. The SMILES string of the molecule is CCN(CC(C)(C)CN)C(=O)CCOc1ccccc1. The van der Waals surface area contributed by atoms with Crippen molar-refractivity contribution in [3.8, 4) is 5.75 Å². The lowest BCUT2D eigenvalue weighted by Crippen LogP contribution is -2.42. The van der Waals surface area contributed by atoms with Crippen LogP contribution < -0.4 is 10.5 Å². The fraction of sp³-hybridized carbons (Fsp3) is 0.562. The normalized spacial score (nSPS) is 11.2. The lowest BCUT2D eigenvalue weighted by atomic mass is 9.93. The molecule has 0 radical (unpaired) electrons. The van der Waals surface area contributed by atoms with Gasteiger partial charge >= 0.3 is 0 Å². The first kappa shape index (κ1) is 16.5. The van der Waals surface area contributed by atoms with Crippen molar-refractivity contribution in [2.24, 2.45) is 11.1 Å². The van der Waals surface area contributed by atoms with Crippen molar-refractivity contribution in [3.63, 3.8) is 0 Å². The predicted molar refractivity (Wildman–Crippen MR) is 81.6 cm³/mol. The van der Waals surface area contributed by atoms with E-state index in [1.165, 1.54) is 0 Å². The van der Waals surface area contributed by atoms with Crippen molar-refractivity contribution in [1.82, 2.24) is 4.90 Å². The van der Waals surface area contributed by atoms with Crippen LogP contribution >= 0.6 is 0 Å². The molecule has 0 aliphatic heterocycles. The standard InChI is InChI=1S/C16H26N2O2/c1-4-18(13-16(2,3)12-17)15(19)10-11-20-14-8-6-5-7-9-14/h5-9H,4,10-13,17H2,1-3H3. The molecule has 1 amide bonds. The van der Waals surface area contributed by atoms with Gasteiger partial charge in [0.15, 0.2) is 0 Å². The van der Waals surface area contributed by atoms with E-state index in [1.807, 2.05) is 42.2 Å². The Morgan fingerprint density at radius 2 is 1.95 bits per heavy atom. The Morgan fingerprint density at radius 1 is 1.30 bits per heavy atom. The minimum Gasteiger partial charge on any atom is -0.493 e. The molecule has 1 aromatic carbocycles. The third-order valence-corrected chi connectivity index (χ3v) is 3.23. The third kappa shape index (κ3) is 5.61. The van der Waals surface area contributed by atoms with Crippen LogP contribution in [0.1, 0.15) is 27.2 Å². The Labute approximate surface area is 121 Å². The number of para-hydroxylation sites is 1. The van der Waals surface area contributed by atoms with Gasteiger partial charge in [0.2, 0.25) is 5.91 Å². The molecule has 1 aromatic rings. The lowest BCUT2D eigenvalue weighted by Gasteiger charge is -2.31. The molecule has 0 aliphatic carbocycles. The highest BCUT2D eigenvalue weighted by Gasteiger charge is 2.22. The number of nitrogens with two attached hydrogens (primary N) is 1. The largest absolute Gasteiger partial charge is 0.493 e. The summed E-state index contributed by atoms with van der Waals surface area (Å²) in [7, 11) is 0. The van der Waals surface area contributed by atoms with E-state index in [2.05, 4.69) is 13.8 Å². The number of nitrogens with zero attached hydrogens (tertiary/aromatic N) is 1. The first-order chi connectivity index (χ1) is 9.48. The van der Waals surface area contributed by atoms with Gasteiger partial charge in [0.25, 0.3) is 0 Å². The molecule has 0 saturated heterocycles. The van der Waals surface area contributed by atoms with Gasteiger partial charge in [-0.3, -0.25) is 4.79 Å².